The standard InChI is InChI=1S/C18H16Cl2N4O3S/c19-14-7-6-13(10-15(14)20)28(25,26)24-9-3-4-12(11-24)17-22-23-18(27-17)16-5-1-2-8-21-16/h1-2,5-8,10,12H,3-4,9,11H2/t12-/m1/s1. The lowest BCUT2D eigenvalue weighted by Crippen LogP contribution is -2.39. The quantitative estimate of drug-likeness (QED) is 0.611. The highest BCUT2D eigenvalue weighted by molar-refractivity contribution is 7.89. The Morgan fingerprint density at radius 3 is 2.71 bits per heavy atom. The van der Waals surface area contributed by atoms with Crippen molar-refractivity contribution in [2.45, 2.75) is 23.7 Å². The fourth-order valence-corrected chi connectivity index (χ4v) is 5.05. The van der Waals surface area contributed by atoms with Crippen molar-refractivity contribution in [3.63, 3.8) is 0 Å². The van der Waals surface area contributed by atoms with Crippen molar-refractivity contribution >= 4 is 33.2 Å². The summed E-state index contributed by atoms with van der Waals surface area (Å²) in [6, 6.07) is 9.72. The van der Waals surface area contributed by atoms with E-state index in [1.807, 2.05) is 6.07 Å². The molecule has 0 amide bonds. The Morgan fingerprint density at radius 2 is 1.96 bits per heavy atom. The molecule has 1 fully saturated rings. The van der Waals surface area contributed by atoms with Gasteiger partial charge in [-0.1, -0.05) is 29.3 Å². The lowest BCUT2D eigenvalue weighted by atomic mass is 10.00. The number of benzene rings is 1. The molecule has 4 rings (SSSR count). The van der Waals surface area contributed by atoms with E-state index in [1.165, 1.54) is 22.5 Å². The highest BCUT2D eigenvalue weighted by Gasteiger charge is 2.33. The van der Waals surface area contributed by atoms with Crippen molar-refractivity contribution in [3.05, 3.63) is 58.5 Å². The molecule has 0 saturated carbocycles. The fraction of sp³-hybridized carbons (Fsp3) is 0.278. The summed E-state index contributed by atoms with van der Waals surface area (Å²) < 4.78 is 33.2. The van der Waals surface area contributed by atoms with Gasteiger partial charge in [0.05, 0.1) is 20.9 Å². The average molecular weight is 439 g/mol. The van der Waals surface area contributed by atoms with Crippen LogP contribution in [0, 0.1) is 0 Å². The molecule has 0 radical (unpaired) electrons. The van der Waals surface area contributed by atoms with Crippen molar-refractivity contribution in [1.29, 1.82) is 0 Å². The third kappa shape index (κ3) is 3.77. The van der Waals surface area contributed by atoms with Gasteiger partial charge < -0.3 is 4.42 Å². The summed E-state index contributed by atoms with van der Waals surface area (Å²) in [4.78, 5) is 4.30. The second kappa shape index (κ2) is 7.79. The molecule has 0 bridgehead atoms. The number of halogens is 2. The van der Waals surface area contributed by atoms with Crippen LogP contribution in [0.1, 0.15) is 24.7 Å². The summed E-state index contributed by atoms with van der Waals surface area (Å²) in [6.45, 7) is 0.673. The van der Waals surface area contributed by atoms with Gasteiger partial charge in [-0.05, 0) is 43.2 Å². The average Bonchev–Trinajstić information content (AvgIpc) is 3.21. The first kappa shape index (κ1) is 19.3. The maximum atomic E-state index is 13.0. The van der Waals surface area contributed by atoms with Gasteiger partial charge in [0.2, 0.25) is 15.9 Å². The topological polar surface area (TPSA) is 89.2 Å². The summed E-state index contributed by atoms with van der Waals surface area (Å²) in [7, 11) is -3.70. The van der Waals surface area contributed by atoms with Crippen LogP contribution in [0.4, 0.5) is 0 Å². The molecule has 2 aromatic heterocycles. The predicted octanol–water partition coefficient (Wildman–Crippen LogP) is 4.01. The van der Waals surface area contributed by atoms with Crippen LogP contribution in [-0.4, -0.2) is 41.0 Å². The van der Waals surface area contributed by atoms with Gasteiger partial charge in [0.1, 0.15) is 5.69 Å². The lowest BCUT2D eigenvalue weighted by molar-refractivity contribution is 0.286. The monoisotopic (exact) mass is 438 g/mol. The van der Waals surface area contributed by atoms with E-state index in [-0.39, 0.29) is 22.4 Å². The number of sulfonamides is 1. The smallest absolute Gasteiger partial charge is 0.266 e. The van der Waals surface area contributed by atoms with E-state index in [0.717, 1.165) is 6.42 Å². The number of hydrogen-bond acceptors (Lipinski definition) is 6. The third-order valence-electron chi connectivity index (χ3n) is 4.59. The van der Waals surface area contributed by atoms with Gasteiger partial charge in [0.25, 0.3) is 5.89 Å². The van der Waals surface area contributed by atoms with Crippen molar-refractivity contribution < 1.29 is 12.8 Å². The van der Waals surface area contributed by atoms with E-state index in [0.29, 0.717) is 35.5 Å². The zero-order valence-electron chi connectivity index (χ0n) is 14.6. The molecule has 28 heavy (non-hydrogen) atoms. The normalized spacial score (nSPS) is 18.3. The Labute approximate surface area is 172 Å². The maximum Gasteiger partial charge on any atom is 0.266 e. The van der Waals surface area contributed by atoms with E-state index in [2.05, 4.69) is 15.2 Å². The third-order valence-corrected chi connectivity index (χ3v) is 7.19. The minimum atomic E-state index is -3.70. The molecule has 1 aliphatic heterocycles. The Hall–Kier alpha value is -2.00. The van der Waals surface area contributed by atoms with E-state index in [9.17, 15) is 8.42 Å². The maximum absolute atomic E-state index is 13.0. The van der Waals surface area contributed by atoms with Crippen molar-refractivity contribution in [3.8, 4) is 11.6 Å². The van der Waals surface area contributed by atoms with Crippen LogP contribution in [0.3, 0.4) is 0 Å². The minimum Gasteiger partial charge on any atom is -0.419 e. The van der Waals surface area contributed by atoms with Crippen LogP contribution in [0.25, 0.3) is 11.6 Å². The second-order valence-corrected chi connectivity index (χ2v) is 9.19. The molecule has 146 valence electrons. The lowest BCUT2D eigenvalue weighted by Gasteiger charge is -2.30. The van der Waals surface area contributed by atoms with Crippen molar-refractivity contribution in [1.82, 2.24) is 19.5 Å². The van der Waals surface area contributed by atoms with E-state index < -0.39 is 10.0 Å². The van der Waals surface area contributed by atoms with Gasteiger partial charge in [-0.25, -0.2) is 8.42 Å². The molecule has 3 heterocycles. The Balaban J connectivity index is 1.56. The van der Waals surface area contributed by atoms with Crippen LogP contribution in [-0.2, 0) is 10.0 Å². The molecular weight excluding hydrogens is 423 g/mol. The fourth-order valence-electron chi connectivity index (χ4n) is 3.14. The molecule has 10 heteroatoms. The minimum absolute atomic E-state index is 0.113. The van der Waals surface area contributed by atoms with Crippen molar-refractivity contribution in [2.75, 3.05) is 13.1 Å². The second-order valence-electron chi connectivity index (χ2n) is 6.44. The predicted molar refractivity (Wildman–Crippen MR) is 105 cm³/mol. The Morgan fingerprint density at radius 1 is 1.11 bits per heavy atom. The highest BCUT2D eigenvalue weighted by Crippen LogP contribution is 2.32. The van der Waals surface area contributed by atoms with Crippen LogP contribution < -0.4 is 0 Å². The molecule has 1 saturated heterocycles. The molecule has 1 atom stereocenters. The van der Waals surface area contributed by atoms with E-state index >= 15 is 0 Å². The molecule has 0 aliphatic carbocycles. The molecule has 0 spiro atoms. The van der Waals surface area contributed by atoms with E-state index in [4.69, 9.17) is 27.6 Å². The van der Waals surface area contributed by atoms with Gasteiger partial charge in [0, 0.05) is 19.3 Å². The summed E-state index contributed by atoms with van der Waals surface area (Å²) in [5, 5.41) is 8.68. The van der Waals surface area contributed by atoms with Crippen LogP contribution in [0.15, 0.2) is 51.9 Å². The number of piperidine rings is 1. The number of nitrogens with zero attached hydrogens (tertiary/aromatic N) is 4. The molecule has 7 nitrogen and oxygen atoms in total. The molecule has 0 N–H and O–H groups in total. The van der Waals surface area contributed by atoms with Gasteiger partial charge in [-0.2, -0.15) is 4.31 Å². The van der Waals surface area contributed by atoms with Crippen molar-refractivity contribution in [2.24, 2.45) is 0 Å². The molecular formula is C18H16Cl2N4O3S. The summed E-state index contributed by atoms with van der Waals surface area (Å²) in [5.41, 5.74) is 0.581. The van der Waals surface area contributed by atoms with E-state index in [1.54, 1.807) is 18.3 Å². The van der Waals surface area contributed by atoms with Crippen LogP contribution in [0.5, 0.6) is 0 Å². The number of aromatic nitrogens is 3. The Kier molecular flexibility index (Phi) is 5.37. The highest BCUT2D eigenvalue weighted by atomic mass is 35.5. The summed E-state index contributed by atoms with van der Waals surface area (Å²) in [6.07, 6.45) is 3.09. The number of rotatable bonds is 4. The zero-order chi connectivity index (χ0) is 19.7. The van der Waals surface area contributed by atoms with Gasteiger partial charge in [-0.15, -0.1) is 10.2 Å². The number of hydrogen-bond donors (Lipinski definition) is 0. The van der Waals surface area contributed by atoms with Gasteiger partial charge >= 0.3 is 0 Å². The first-order valence-corrected chi connectivity index (χ1v) is 10.8. The van der Waals surface area contributed by atoms with Gasteiger partial charge in [0.15, 0.2) is 0 Å². The van der Waals surface area contributed by atoms with Crippen LogP contribution >= 0.6 is 23.2 Å². The zero-order valence-corrected chi connectivity index (χ0v) is 17.0. The summed E-state index contributed by atoms with van der Waals surface area (Å²) >= 11 is 11.9. The largest absolute Gasteiger partial charge is 0.419 e. The first-order chi connectivity index (χ1) is 13.4. The first-order valence-electron chi connectivity index (χ1n) is 8.65. The van der Waals surface area contributed by atoms with Gasteiger partial charge in [-0.3, -0.25) is 4.98 Å². The van der Waals surface area contributed by atoms with Crippen LogP contribution in [0.2, 0.25) is 10.0 Å². The molecule has 3 aromatic rings. The Bertz CT molecular complexity index is 1090. The number of pyridine rings is 1. The summed E-state index contributed by atoms with van der Waals surface area (Å²) in [5.74, 6) is 0.547. The SMILES string of the molecule is O=S(=O)(c1ccc(Cl)c(Cl)c1)N1CCC[C@@H](c2nnc(-c3ccccn3)o2)C1. The molecule has 0 unspecified atom stereocenters. The molecule has 1 aliphatic rings. The molecule has 1 aromatic carbocycles.